The van der Waals surface area contributed by atoms with Crippen LogP contribution in [0.25, 0.3) is 23.1 Å². The zero-order valence-electron chi connectivity index (χ0n) is 19.3. The Hall–Kier alpha value is -2.86. The lowest BCUT2D eigenvalue weighted by Crippen LogP contribution is -2.13. The summed E-state index contributed by atoms with van der Waals surface area (Å²) in [7, 11) is 0. The first-order valence-electron chi connectivity index (χ1n) is 11.5. The Morgan fingerprint density at radius 1 is 1.10 bits per heavy atom. The van der Waals surface area contributed by atoms with E-state index in [1.54, 1.807) is 12.1 Å². The average molecular weight is 424 g/mol. The van der Waals surface area contributed by atoms with Crippen LogP contribution < -0.4 is 11.1 Å². The van der Waals surface area contributed by atoms with Gasteiger partial charge in [-0.15, -0.1) is 0 Å². The molecule has 0 amide bonds. The number of nitrogens with two attached hydrogens (primary N) is 1. The monoisotopic (exact) mass is 423 g/mol. The molecule has 0 bridgehead atoms. The Kier molecular flexibility index (Phi) is 10.0. The number of nitrogen functional groups attached to an aromatic ring is 1. The summed E-state index contributed by atoms with van der Waals surface area (Å²) >= 11 is 0. The van der Waals surface area contributed by atoms with Gasteiger partial charge in [-0.3, -0.25) is 4.40 Å². The third-order valence-electron chi connectivity index (χ3n) is 5.15. The third kappa shape index (κ3) is 6.56. The number of imidazole rings is 1. The molecule has 1 aliphatic rings. The summed E-state index contributed by atoms with van der Waals surface area (Å²) < 4.78 is 1.85. The van der Waals surface area contributed by atoms with Crippen LogP contribution in [0.5, 0.6) is 5.75 Å². The van der Waals surface area contributed by atoms with E-state index in [4.69, 9.17) is 5.73 Å². The number of aromatic nitrogens is 3. The maximum atomic E-state index is 10.0. The van der Waals surface area contributed by atoms with Crippen LogP contribution >= 0.6 is 0 Å². The number of phenols is 1. The summed E-state index contributed by atoms with van der Waals surface area (Å²) in [6.07, 6.45) is 12.9. The van der Waals surface area contributed by atoms with Gasteiger partial charge in [0.2, 0.25) is 5.78 Å². The molecule has 4 N–H and O–H groups in total. The van der Waals surface area contributed by atoms with Crippen LogP contribution in [0.3, 0.4) is 0 Å². The van der Waals surface area contributed by atoms with Gasteiger partial charge in [0.25, 0.3) is 0 Å². The fourth-order valence-electron chi connectivity index (χ4n) is 3.61. The first kappa shape index (κ1) is 24.4. The molecule has 168 valence electrons. The molecule has 1 aliphatic heterocycles. The normalized spacial score (nSPS) is 16.2. The molecule has 31 heavy (non-hydrogen) atoms. The van der Waals surface area contributed by atoms with Crippen LogP contribution in [-0.2, 0) is 0 Å². The van der Waals surface area contributed by atoms with Crippen LogP contribution in [-0.4, -0.2) is 32.6 Å². The van der Waals surface area contributed by atoms with E-state index in [1.807, 2.05) is 56.6 Å². The molecule has 1 aromatic carbocycles. The highest BCUT2D eigenvalue weighted by atomic mass is 16.3. The predicted octanol–water partition coefficient (Wildman–Crippen LogP) is 5.53. The van der Waals surface area contributed by atoms with Gasteiger partial charge in [0.05, 0.1) is 5.69 Å². The van der Waals surface area contributed by atoms with Crippen molar-refractivity contribution in [1.82, 2.24) is 19.7 Å². The molecular weight excluding hydrogens is 386 g/mol. The molecule has 1 saturated heterocycles. The fourth-order valence-corrected chi connectivity index (χ4v) is 3.61. The summed E-state index contributed by atoms with van der Waals surface area (Å²) in [5.74, 6) is 1.93. The van der Waals surface area contributed by atoms with Crippen LogP contribution in [0, 0.1) is 5.92 Å². The highest BCUT2D eigenvalue weighted by molar-refractivity contribution is 5.69. The van der Waals surface area contributed by atoms with E-state index in [9.17, 15) is 5.11 Å². The maximum Gasteiger partial charge on any atom is 0.236 e. The molecule has 1 fully saturated rings. The van der Waals surface area contributed by atoms with Crippen molar-refractivity contribution in [3.05, 3.63) is 48.3 Å². The second-order valence-corrected chi connectivity index (χ2v) is 7.12. The first-order valence-corrected chi connectivity index (χ1v) is 11.5. The minimum atomic E-state index is 0.201. The molecule has 1 unspecified atom stereocenters. The van der Waals surface area contributed by atoms with Gasteiger partial charge in [-0.2, -0.15) is 4.98 Å². The number of rotatable bonds is 4. The summed E-state index contributed by atoms with van der Waals surface area (Å²) in [4.78, 5) is 8.91. The molecular formula is C25H37N5O. The van der Waals surface area contributed by atoms with Crippen LogP contribution in [0.2, 0.25) is 0 Å². The lowest BCUT2D eigenvalue weighted by Gasteiger charge is -2.10. The maximum absolute atomic E-state index is 10.0. The van der Waals surface area contributed by atoms with Gasteiger partial charge in [0, 0.05) is 23.5 Å². The van der Waals surface area contributed by atoms with E-state index in [-0.39, 0.29) is 5.75 Å². The molecule has 3 heterocycles. The van der Waals surface area contributed by atoms with E-state index >= 15 is 0 Å². The molecule has 1 atom stereocenters. The number of para-hydroxylation sites is 1. The van der Waals surface area contributed by atoms with Crippen molar-refractivity contribution >= 4 is 17.7 Å². The Balaban J connectivity index is 0.000000807. The Labute approximate surface area is 186 Å². The van der Waals surface area contributed by atoms with E-state index in [1.165, 1.54) is 19.3 Å². The van der Waals surface area contributed by atoms with Gasteiger partial charge in [-0.1, -0.05) is 52.0 Å². The second kappa shape index (κ2) is 12.7. The summed E-state index contributed by atoms with van der Waals surface area (Å²) in [5, 5.41) is 13.5. The molecule has 0 aliphatic carbocycles. The number of benzene rings is 1. The number of fused-ring (bicyclic) bond motifs is 1. The number of allylic oxidation sites excluding steroid dienone is 1. The highest BCUT2D eigenvalue weighted by Gasteiger charge is 2.12. The lowest BCUT2D eigenvalue weighted by atomic mass is 9.96. The van der Waals surface area contributed by atoms with Crippen molar-refractivity contribution in [2.24, 2.45) is 5.92 Å². The number of hydrogen-bond acceptors (Lipinski definition) is 5. The third-order valence-corrected chi connectivity index (χ3v) is 5.15. The predicted molar refractivity (Wildman–Crippen MR) is 131 cm³/mol. The molecule has 0 radical (unpaired) electrons. The second-order valence-electron chi connectivity index (χ2n) is 7.12. The quantitative estimate of drug-likeness (QED) is 0.513. The Morgan fingerprint density at radius 2 is 1.87 bits per heavy atom. The summed E-state index contributed by atoms with van der Waals surface area (Å²) in [5.41, 5.74) is 8.37. The SMILES string of the molecule is CC.CC.Nc1nc2nc(-c3ccccc3O)cn2cc1/C=C/CC1CCCNCC1. The van der Waals surface area contributed by atoms with E-state index < -0.39 is 0 Å². The van der Waals surface area contributed by atoms with Crippen molar-refractivity contribution in [1.29, 1.82) is 0 Å². The van der Waals surface area contributed by atoms with Crippen molar-refractivity contribution in [3.8, 4) is 17.0 Å². The average Bonchev–Trinajstić information content (AvgIpc) is 3.02. The fraction of sp³-hybridized carbons (Fsp3) is 0.440. The largest absolute Gasteiger partial charge is 0.507 e. The number of nitrogens with zero attached hydrogens (tertiary/aromatic N) is 3. The van der Waals surface area contributed by atoms with Crippen molar-refractivity contribution in [3.63, 3.8) is 0 Å². The zero-order chi connectivity index (χ0) is 22.6. The highest BCUT2D eigenvalue weighted by Crippen LogP contribution is 2.28. The lowest BCUT2D eigenvalue weighted by molar-refractivity contribution is 0.477. The molecule has 2 aromatic heterocycles. The van der Waals surface area contributed by atoms with Gasteiger partial charge < -0.3 is 16.2 Å². The number of hydrogen-bond donors (Lipinski definition) is 3. The minimum Gasteiger partial charge on any atom is -0.507 e. The van der Waals surface area contributed by atoms with Gasteiger partial charge in [0.15, 0.2) is 0 Å². The minimum absolute atomic E-state index is 0.201. The van der Waals surface area contributed by atoms with Gasteiger partial charge in [0.1, 0.15) is 11.6 Å². The summed E-state index contributed by atoms with van der Waals surface area (Å²) in [6, 6.07) is 7.15. The molecule has 0 saturated carbocycles. The van der Waals surface area contributed by atoms with E-state index in [0.29, 0.717) is 22.9 Å². The number of anilines is 1. The topological polar surface area (TPSA) is 88.5 Å². The summed E-state index contributed by atoms with van der Waals surface area (Å²) in [6.45, 7) is 10.2. The van der Waals surface area contributed by atoms with Crippen LogP contribution in [0.4, 0.5) is 5.82 Å². The van der Waals surface area contributed by atoms with E-state index in [2.05, 4.69) is 27.4 Å². The first-order chi connectivity index (χ1) is 15.2. The van der Waals surface area contributed by atoms with E-state index in [0.717, 1.165) is 31.0 Å². The zero-order valence-corrected chi connectivity index (χ0v) is 19.3. The van der Waals surface area contributed by atoms with Gasteiger partial charge in [-0.05, 0) is 56.8 Å². The Morgan fingerprint density at radius 3 is 2.65 bits per heavy atom. The van der Waals surface area contributed by atoms with Crippen molar-refractivity contribution in [2.45, 2.75) is 53.4 Å². The molecule has 0 spiro atoms. The Bertz CT molecular complexity index is 956. The van der Waals surface area contributed by atoms with Crippen molar-refractivity contribution in [2.75, 3.05) is 18.8 Å². The standard InChI is InChI=1S/C21H25N5O.2C2H6/c22-20-16(7-3-5-15-6-4-11-23-12-10-15)13-26-14-18(24-21(26)25-20)17-8-1-2-9-19(17)27;2*1-2/h1-3,7-9,13-15,23,27H,4-6,10-12H2,(H2,22,24,25);2*1-2H3/b7-3+;;. The number of nitrogens with one attached hydrogen (secondary N) is 1. The molecule has 6 nitrogen and oxygen atoms in total. The number of aromatic hydroxyl groups is 1. The van der Waals surface area contributed by atoms with Gasteiger partial charge in [-0.25, -0.2) is 4.98 Å². The van der Waals surface area contributed by atoms with Crippen LogP contribution in [0.15, 0.2) is 42.7 Å². The number of phenolic OH excluding ortho intramolecular Hbond substituents is 1. The van der Waals surface area contributed by atoms with Crippen LogP contribution in [0.1, 0.15) is 58.9 Å². The van der Waals surface area contributed by atoms with Crippen molar-refractivity contribution < 1.29 is 5.11 Å². The smallest absolute Gasteiger partial charge is 0.236 e. The molecule has 6 heteroatoms. The van der Waals surface area contributed by atoms with Gasteiger partial charge >= 0.3 is 0 Å². The molecule has 3 aromatic rings. The molecule has 4 rings (SSSR count).